The minimum Gasteiger partial charge on any atom is -0.497 e. The molecular formula is C76H94O14Si. The predicted molar refractivity (Wildman–Crippen MR) is 355 cm³/mol. The zero-order valence-electron chi connectivity index (χ0n) is 54.5. The summed E-state index contributed by atoms with van der Waals surface area (Å²) in [5.74, 6) is -0.531. The molecule has 6 aromatic carbocycles. The molecule has 14 nitrogen and oxygen atoms in total. The molecule has 0 spiro atoms. The van der Waals surface area contributed by atoms with E-state index < -0.39 is 62.4 Å². The maximum absolute atomic E-state index is 13.6. The van der Waals surface area contributed by atoms with Crippen molar-refractivity contribution in [1.29, 1.82) is 0 Å². The van der Waals surface area contributed by atoms with E-state index in [1.807, 2.05) is 113 Å². The zero-order chi connectivity index (χ0) is 64.4. The van der Waals surface area contributed by atoms with Crippen molar-refractivity contribution in [2.24, 2.45) is 11.8 Å². The topological polar surface area (TPSA) is 156 Å². The number of benzene rings is 6. The number of carbonyl (C=O) groups is 2. The first-order valence-electron chi connectivity index (χ1n) is 32.3. The number of hydrogen-bond donors (Lipinski definition) is 1. The highest BCUT2D eigenvalue weighted by Gasteiger charge is 2.52. The van der Waals surface area contributed by atoms with Crippen LogP contribution in [-0.4, -0.2) is 113 Å². The highest BCUT2D eigenvalue weighted by atomic mass is 28.4. The van der Waals surface area contributed by atoms with E-state index in [-0.39, 0.29) is 41.8 Å². The van der Waals surface area contributed by atoms with Gasteiger partial charge in [0.15, 0.2) is 11.6 Å². The molecule has 0 radical (unpaired) electrons. The number of aliphatic hydroxyl groups is 1. The second-order valence-electron chi connectivity index (χ2n) is 25.9. The lowest BCUT2D eigenvalue weighted by molar-refractivity contribution is -0.154. The van der Waals surface area contributed by atoms with E-state index in [1.165, 1.54) is 10.4 Å². The summed E-state index contributed by atoms with van der Waals surface area (Å²) in [4.78, 5) is 26.6. The first kappa shape index (κ1) is 68.6. The quantitative estimate of drug-likeness (QED) is 0.0311. The largest absolute Gasteiger partial charge is 0.497 e. The molecule has 6 aromatic rings. The third-order valence-electron chi connectivity index (χ3n) is 17.5. The third-order valence-corrected chi connectivity index (χ3v) is 22.5. The third kappa shape index (κ3) is 18.5. The number of hydrogen-bond acceptors (Lipinski definition) is 14. The standard InChI is InChI=1S/C46H56O7Si.C30H38O7/c1-45(2,3)54(38-20-12-8-13-21-38,39-22-14-9-15-23-39)50-32-31-42-43(53-46(4,5)52-42)41(51-44(47)36-17-10-7-11-18-36)30-27-35-19-16-24-40(35)49-33-34-25-28-37(48-6)29-26-34;1-30(2)36-27(18-19-31)28(37-30)26(35-29(32)23-8-5-4-6-9-23)17-14-22-10-7-11-25(22)34-20-21-12-15-24(33-3)16-13-21/h7-15,17-18,20-23,25-30,35,40-43H,16,19,24,31-33H2,1-6H3;4-6,8-9,12-17,22,25-28,31H,7,10-11,18-20H2,1-3H3/b30-27-;17-14-/t35-,40-,41?,42?,43?;22-,25-,26?,27?,28?/m11/s1. The number of esters is 2. The highest BCUT2D eigenvalue weighted by Crippen LogP contribution is 2.40. The average Bonchev–Trinajstić information content (AvgIpc) is 1.56. The summed E-state index contributed by atoms with van der Waals surface area (Å²) in [6.45, 7) is 15.8. The Bertz CT molecular complexity index is 3190. The summed E-state index contributed by atoms with van der Waals surface area (Å²) >= 11 is 0. The first-order valence-corrected chi connectivity index (χ1v) is 34.2. The molecule has 4 fully saturated rings. The molecule has 10 rings (SSSR count). The van der Waals surface area contributed by atoms with E-state index in [2.05, 4.69) is 93.6 Å². The molecule has 4 aliphatic rings. The second-order valence-corrected chi connectivity index (χ2v) is 30.2. The van der Waals surface area contributed by atoms with Gasteiger partial charge in [0.05, 0.1) is 63.0 Å². The molecule has 0 bridgehead atoms. The van der Waals surface area contributed by atoms with Gasteiger partial charge in [-0.25, -0.2) is 9.59 Å². The van der Waals surface area contributed by atoms with Crippen molar-refractivity contribution in [3.05, 3.63) is 216 Å². The Balaban J connectivity index is 0.000000231. The fourth-order valence-electron chi connectivity index (χ4n) is 13.0. The minimum absolute atomic E-state index is 0.0480. The van der Waals surface area contributed by atoms with E-state index in [1.54, 1.807) is 50.6 Å². The SMILES string of the molecule is COc1ccc(CO[C@@H]2CCC[C@@H]2/C=C\C(OC(=O)c2ccccc2)C2OC(C)(C)OC2CCO)cc1.COc1ccc(CO[C@@H]2CCC[C@@H]2/C=C\C(OC(=O)c2ccccc2)C2OC(C)(C)OC2CCO[Si](c2ccccc2)(c2ccccc2)C(C)(C)C)cc1. The molecule has 486 valence electrons. The van der Waals surface area contributed by atoms with Gasteiger partial charge in [-0.2, -0.15) is 0 Å². The van der Waals surface area contributed by atoms with Gasteiger partial charge in [-0.1, -0.05) is 167 Å². The van der Waals surface area contributed by atoms with Crippen LogP contribution in [0.3, 0.4) is 0 Å². The van der Waals surface area contributed by atoms with Crippen LogP contribution in [0.2, 0.25) is 5.04 Å². The van der Waals surface area contributed by atoms with E-state index in [4.69, 9.17) is 51.8 Å². The number of rotatable bonds is 26. The van der Waals surface area contributed by atoms with Crippen molar-refractivity contribution < 1.29 is 66.5 Å². The Morgan fingerprint density at radius 2 is 0.923 bits per heavy atom. The molecule has 2 aliphatic carbocycles. The Labute approximate surface area is 540 Å². The van der Waals surface area contributed by atoms with Gasteiger partial charge in [-0.05, 0) is 153 Å². The molecule has 2 saturated carbocycles. The molecule has 2 saturated heterocycles. The molecule has 2 heterocycles. The van der Waals surface area contributed by atoms with Crippen LogP contribution in [0.4, 0.5) is 0 Å². The number of aliphatic hydroxyl groups excluding tert-OH is 1. The Kier molecular flexibility index (Phi) is 24.3. The zero-order valence-corrected chi connectivity index (χ0v) is 55.5. The number of ether oxygens (including phenoxy) is 10. The van der Waals surface area contributed by atoms with Gasteiger partial charge in [0, 0.05) is 25.0 Å². The number of methoxy groups -OCH3 is 2. The van der Waals surface area contributed by atoms with Crippen molar-refractivity contribution in [1.82, 2.24) is 0 Å². The van der Waals surface area contributed by atoms with Gasteiger partial charge >= 0.3 is 11.9 Å². The summed E-state index contributed by atoms with van der Waals surface area (Å²) in [6, 6.07) is 55.2. The predicted octanol–water partition coefficient (Wildman–Crippen LogP) is 13.7. The lowest BCUT2D eigenvalue weighted by Gasteiger charge is -2.43. The fourth-order valence-corrected chi connectivity index (χ4v) is 17.6. The number of carbonyl (C=O) groups excluding carboxylic acids is 2. The van der Waals surface area contributed by atoms with E-state index in [9.17, 15) is 14.7 Å². The molecule has 1 N–H and O–H groups in total. The van der Waals surface area contributed by atoms with Gasteiger partial charge in [0.2, 0.25) is 0 Å². The van der Waals surface area contributed by atoms with Crippen molar-refractivity contribution in [2.45, 2.75) is 178 Å². The Morgan fingerprint density at radius 3 is 1.30 bits per heavy atom. The summed E-state index contributed by atoms with van der Waals surface area (Å²) in [7, 11) is 0.552. The lowest BCUT2D eigenvalue weighted by atomic mass is 10.0. The van der Waals surface area contributed by atoms with Crippen molar-refractivity contribution in [2.75, 3.05) is 27.4 Å². The molecule has 6 unspecified atom stereocenters. The van der Waals surface area contributed by atoms with Crippen LogP contribution in [0.5, 0.6) is 11.5 Å². The van der Waals surface area contributed by atoms with Gasteiger partial charge in [0.1, 0.15) is 35.9 Å². The fraction of sp³-hybridized carbons (Fsp3) is 0.447. The lowest BCUT2D eigenvalue weighted by Crippen LogP contribution is -2.66. The van der Waals surface area contributed by atoms with Crippen LogP contribution >= 0.6 is 0 Å². The van der Waals surface area contributed by atoms with Gasteiger partial charge in [-0.3, -0.25) is 0 Å². The van der Waals surface area contributed by atoms with E-state index >= 15 is 0 Å². The van der Waals surface area contributed by atoms with Crippen LogP contribution in [0, 0.1) is 11.8 Å². The van der Waals surface area contributed by atoms with Crippen molar-refractivity contribution in [3.63, 3.8) is 0 Å². The van der Waals surface area contributed by atoms with Crippen LogP contribution in [0.25, 0.3) is 0 Å². The minimum atomic E-state index is -2.77. The monoisotopic (exact) mass is 1260 g/mol. The van der Waals surface area contributed by atoms with E-state index in [0.29, 0.717) is 43.8 Å². The average molecular weight is 1260 g/mol. The van der Waals surface area contributed by atoms with Crippen LogP contribution in [-0.2, 0) is 55.5 Å². The van der Waals surface area contributed by atoms with Crippen LogP contribution < -0.4 is 19.8 Å². The van der Waals surface area contributed by atoms with Crippen LogP contribution in [0.15, 0.2) is 194 Å². The molecule has 2 aliphatic heterocycles. The summed E-state index contributed by atoms with van der Waals surface area (Å²) < 4.78 is 68.2. The van der Waals surface area contributed by atoms with Crippen molar-refractivity contribution in [3.8, 4) is 11.5 Å². The Morgan fingerprint density at radius 1 is 0.538 bits per heavy atom. The van der Waals surface area contributed by atoms with E-state index in [0.717, 1.165) is 61.2 Å². The normalized spacial score (nSPS) is 23.5. The second kappa shape index (κ2) is 32.2. The smallest absolute Gasteiger partial charge is 0.338 e. The van der Waals surface area contributed by atoms with Crippen LogP contribution in [0.1, 0.15) is 132 Å². The highest BCUT2D eigenvalue weighted by molar-refractivity contribution is 6.99. The first-order chi connectivity index (χ1) is 43.9. The van der Waals surface area contributed by atoms with Gasteiger partial charge in [0.25, 0.3) is 8.32 Å². The maximum Gasteiger partial charge on any atom is 0.338 e. The Hall–Kier alpha value is -6.76. The molecule has 0 aromatic heterocycles. The van der Waals surface area contributed by atoms with Gasteiger partial charge < -0.3 is 56.9 Å². The molecule has 15 heteroatoms. The summed E-state index contributed by atoms with van der Waals surface area (Å²) in [6.07, 6.45) is 12.1. The van der Waals surface area contributed by atoms with Crippen molar-refractivity contribution >= 4 is 30.6 Å². The summed E-state index contributed by atoms with van der Waals surface area (Å²) in [5.41, 5.74) is 3.15. The molecule has 10 atom stereocenters. The summed E-state index contributed by atoms with van der Waals surface area (Å²) in [5, 5.41) is 11.9. The van der Waals surface area contributed by atoms with Gasteiger partial charge in [-0.15, -0.1) is 0 Å². The molecular weight excluding hydrogens is 1160 g/mol. The molecule has 0 amide bonds. The molecule has 91 heavy (non-hydrogen) atoms. The maximum atomic E-state index is 13.6.